The molecule has 0 radical (unpaired) electrons. The molecular weight excluding hydrogens is 304 g/mol. The van der Waals surface area contributed by atoms with E-state index in [1.54, 1.807) is 6.07 Å². The van der Waals surface area contributed by atoms with E-state index < -0.39 is 5.91 Å². The van der Waals surface area contributed by atoms with Gasteiger partial charge in [0.05, 0.1) is 0 Å². The van der Waals surface area contributed by atoms with E-state index >= 15 is 0 Å². The molecule has 0 aliphatic heterocycles. The van der Waals surface area contributed by atoms with Crippen LogP contribution in [0.1, 0.15) is 27.2 Å². The van der Waals surface area contributed by atoms with E-state index in [1.165, 1.54) is 11.1 Å². The number of amides is 1. The zero-order valence-corrected chi connectivity index (χ0v) is 12.6. The number of nitrogens with zero attached hydrogens (tertiary/aromatic N) is 1. The summed E-state index contributed by atoms with van der Waals surface area (Å²) in [6.45, 7) is 4.85. The molecule has 0 saturated heterocycles. The van der Waals surface area contributed by atoms with Crippen LogP contribution in [0.5, 0.6) is 0 Å². The van der Waals surface area contributed by atoms with Crippen LogP contribution in [0.15, 0.2) is 42.6 Å². The molecule has 0 spiro atoms. The number of carbonyl (C=O) groups is 1. The van der Waals surface area contributed by atoms with Gasteiger partial charge in [-0.25, -0.2) is 0 Å². The molecule has 0 aliphatic carbocycles. The van der Waals surface area contributed by atoms with Gasteiger partial charge < -0.3 is 22.7 Å². The second-order valence-electron chi connectivity index (χ2n) is 4.48. The molecule has 1 amide bonds. The van der Waals surface area contributed by atoms with Crippen LogP contribution >= 0.6 is 0 Å². The first-order valence-corrected chi connectivity index (χ1v) is 5.92. The fourth-order valence-electron chi connectivity index (χ4n) is 1.91. The number of rotatable bonds is 3. The highest BCUT2D eigenvalue weighted by atomic mass is 79.9. The molecule has 1 heterocycles. The number of aryl methyl sites for hydroxylation is 2. The summed E-state index contributed by atoms with van der Waals surface area (Å²) in [6, 6.07) is 11.9. The molecule has 2 aromatic rings. The van der Waals surface area contributed by atoms with E-state index in [-0.39, 0.29) is 17.0 Å². The third-order valence-corrected chi connectivity index (χ3v) is 3.14. The van der Waals surface area contributed by atoms with Crippen molar-refractivity contribution in [2.24, 2.45) is 5.73 Å². The van der Waals surface area contributed by atoms with Crippen molar-refractivity contribution in [2.75, 3.05) is 0 Å². The number of carbonyl (C=O) groups excluding carboxylic acids is 1. The first-order chi connectivity index (χ1) is 8.58. The minimum absolute atomic E-state index is 0. The molecule has 3 nitrogen and oxygen atoms in total. The van der Waals surface area contributed by atoms with Gasteiger partial charge in [-0.05, 0) is 18.6 Å². The van der Waals surface area contributed by atoms with Crippen molar-refractivity contribution >= 4 is 5.91 Å². The summed E-state index contributed by atoms with van der Waals surface area (Å²) >= 11 is 0. The van der Waals surface area contributed by atoms with Crippen molar-refractivity contribution in [3.05, 3.63) is 65.0 Å². The molecule has 0 unspecified atom stereocenters. The van der Waals surface area contributed by atoms with Gasteiger partial charge in [-0.2, -0.15) is 4.57 Å². The molecule has 0 saturated carbocycles. The van der Waals surface area contributed by atoms with E-state index in [0.29, 0.717) is 5.56 Å². The normalized spacial score (nSPS) is 9.79. The smallest absolute Gasteiger partial charge is 0.254 e. The second-order valence-corrected chi connectivity index (χ2v) is 4.48. The van der Waals surface area contributed by atoms with Crippen molar-refractivity contribution in [3.8, 4) is 0 Å². The summed E-state index contributed by atoms with van der Waals surface area (Å²) in [6.07, 6.45) is 1.81. The lowest BCUT2D eigenvalue weighted by Gasteiger charge is -2.05. The third kappa shape index (κ3) is 3.64. The Balaban J connectivity index is 0.00000180. The predicted molar refractivity (Wildman–Crippen MR) is 70.2 cm³/mol. The lowest BCUT2D eigenvalue weighted by Crippen LogP contribution is -3.00. The molecule has 0 bridgehead atoms. The number of hydrogen-bond acceptors (Lipinski definition) is 1. The first-order valence-electron chi connectivity index (χ1n) is 5.92. The van der Waals surface area contributed by atoms with E-state index in [1.807, 2.05) is 35.9 Å². The Morgan fingerprint density at radius 1 is 1.16 bits per heavy atom. The number of aromatic nitrogens is 1. The number of hydrogen-bond donors (Lipinski definition) is 1. The predicted octanol–water partition coefficient (Wildman–Crippen LogP) is -1.26. The summed E-state index contributed by atoms with van der Waals surface area (Å²) in [5.41, 5.74) is 9.43. The summed E-state index contributed by atoms with van der Waals surface area (Å²) < 4.78 is 2.04. The van der Waals surface area contributed by atoms with Crippen LogP contribution in [0.4, 0.5) is 0 Å². The highest BCUT2D eigenvalue weighted by Crippen LogP contribution is 2.07. The SMILES string of the molecule is Cc1ccccc1C[n+]1cc(C(N)=O)ccc1C.[Br-]. The van der Waals surface area contributed by atoms with Gasteiger partial charge in [-0.1, -0.05) is 24.3 Å². The summed E-state index contributed by atoms with van der Waals surface area (Å²) in [4.78, 5) is 11.2. The molecule has 100 valence electrons. The van der Waals surface area contributed by atoms with Crippen LogP contribution in [0.25, 0.3) is 0 Å². The first kappa shape index (κ1) is 15.4. The topological polar surface area (TPSA) is 47.0 Å². The maximum atomic E-state index is 11.2. The van der Waals surface area contributed by atoms with Gasteiger partial charge in [-0.15, -0.1) is 0 Å². The van der Waals surface area contributed by atoms with Gasteiger partial charge in [0, 0.05) is 18.6 Å². The average Bonchev–Trinajstić information content (AvgIpc) is 2.34. The maximum Gasteiger partial charge on any atom is 0.254 e. The van der Waals surface area contributed by atoms with Gasteiger partial charge in [0.1, 0.15) is 5.56 Å². The van der Waals surface area contributed by atoms with Crippen molar-refractivity contribution in [2.45, 2.75) is 20.4 Å². The number of nitrogens with two attached hydrogens (primary N) is 1. The molecular formula is C15H17BrN2O. The maximum absolute atomic E-state index is 11.2. The van der Waals surface area contributed by atoms with E-state index in [4.69, 9.17) is 5.73 Å². The Hall–Kier alpha value is -1.68. The number of primary amides is 1. The molecule has 2 N–H and O–H groups in total. The van der Waals surface area contributed by atoms with Crippen molar-refractivity contribution in [1.29, 1.82) is 0 Å². The Labute approximate surface area is 123 Å². The lowest BCUT2D eigenvalue weighted by molar-refractivity contribution is -0.694. The van der Waals surface area contributed by atoms with Gasteiger partial charge in [0.2, 0.25) is 0 Å². The van der Waals surface area contributed by atoms with E-state index in [0.717, 1.165) is 12.2 Å². The van der Waals surface area contributed by atoms with E-state index in [2.05, 4.69) is 19.1 Å². The zero-order valence-electron chi connectivity index (χ0n) is 11.1. The molecule has 1 aromatic heterocycles. The largest absolute Gasteiger partial charge is 1.00 e. The minimum atomic E-state index is -0.395. The Kier molecular flexibility index (Phi) is 5.24. The second kappa shape index (κ2) is 6.48. The Morgan fingerprint density at radius 2 is 1.84 bits per heavy atom. The Morgan fingerprint density at radius 3 is 2.47 bits per heavy atom. The van der Waals surface area contributed by atoms with Crippen LogP contribution in [0.2, 0.25) is 0 Å². The molecule has 1 aromatic carbocycles. The van der Waals surface area contributed by atoms with Crippen molar-refractivity contribution in [1.82, 2.24) is 0 Å². The number of pyridine rings is 1. The fraction of sp³-hybridized carbons (Fsp3) is 0.200. The van der Waals surface area contributed by atoms with Gasteiger partial charge in [0.15, 0.2) is 18.4 Å². The lowest BCUT2D eigenvalue weighted by atomic mass is 10.1. The van der Waals surface area contributed by atoms with Crippen molar-refractivity contribution < 1.29 is 26.3 Å². The van der Waals surface area contributed by atoms with Gasteiger partial charge >= 0.3 is 0 Å². The summed E-state index contributed by atoms with van der Waals surface area (Å²) in [7, 11) is 0. The molecule has 19 heavy (non-hydrogen) atoms. The van der Waals surface area contributed by atoms with Crippen molar-refractivity contribution in [3.63, 3.8) is 0 Å². The summed E-state index contributed by atoms with van der Waals surface area (Å²) in [5.74, 6) is -0.395. The van der Waals surface area contributed by atoms with E-state index in [9.17, 15) is 4.79 Å². The third-order valence-electron chi connectivity index (χ3n) is 3.14. The number of benzene rings is 1. The van der Waals surface area contributed by atoms with Crippen LogP contribution in [0.3, 0.4) is 0 Å². The molecule has 0 atom stereocenters. The monoisotopic (exact) mass is 320 g/mol. The number of halogens is 1. The van der Waals surface area contributed by atoms with Crippen LogP contribution in [-0.4, -0.2) is 5.91 Å². The average molecular weight is 321 g/mol. The molecule has 0 fully saturated rings. The molecule has 0 aliphatic rings. The van der Waals surface area contributed by atoms with Gasteiger partial charge in [-0.3, -0.25) is 4.79 Å². The fourth-order valence-corrected chi connectivity index (χ4v) is 1.91. The molecule has 4 heteroatoms. The van der Waals surface area contributed by atoms with Crippen LogP contribution < -0.4 is 27.3 Å². The summed E-state index contributed by atoms with van der Waals surface area (Å²) in [5, 5.41) is 0. The quantitative estimate of drug-likeness (QED) is 0.705. The minimum Gasteiger partial charge on any atom is -1.00 e. The Bertz CT molecular complexity index is 596. The van der Waals surface area contributed by atoms with Crippen LogP contribution in [0, 0.1) is 13.8 Å². The van der Waals surface area contributed by atoms with Gasteiger partial charge in [0.25, 0.3) is 5.91 Å². The zero-order chi connectivity index (χ0) is 13.1. The standard InChI is InChI=1S/C15H16N2O.BrH/c1-11-5-3-4-6-13(11)9-17-10-14(15(16)18)8-7-12(17)2;/h3-8,10H,9H2,1-2H3,(H-,16,18);1H. The van der Waals surface area contributed by atoms with Crippen LogP contribution in [-0.2, 0) is 6.54 Å². The highest BCUT2D eigenvalue weighted by Gasteiger charge is 2.12. The molecule has 2 rings (SSSR count). The highest BCUT2D eigenvalue weighted by molar-refractivity contribution is 5.92.